The standard InChI is InChI=1S/C32H39N3O2S/c1-5-6-7-22-8-12-24(13-9-22)26-19-33-30(34-20-26)25-14-10-23(11-15-25)18-27(21-36)35-31(37)28-16-17-29(38-28)32(2,3)4/h10-12,14-17,19-22,27H,5-9,13,18H2,1-4H3,(H,35,37)/t22?,27-/m0/s1. The molecule has 1 aliphatic carbocycles. The minimum atomic E-state index is -0.589. The maximum Gasteiger partial charge on any atom is 0.261 e. The number of aromatic nitrogens is 2. The Morgan fingerprint density at radius 3 is 2.42 bits per heavy atom. The molecular formula is C32H39N3O2S. The topological polar surface area (TPSA) is 72.0 Å². The molecule has 200 valence electrons. The first kappa shape index (κ1) is 27.9. The van der Waals surface area contributed by atoms with Gasteiger partial charge in [-0.2, -0.15) is 0 Å². The first-order valence-corrected chi connectivity index (χ1v) is 14.6. The number of nitrogens with one attached hydrogen (secondary N) is 1. The van der Waals surface area contributed by atoms with Crippen molar-refractivity contribution < 1.29 is 9.59 Å². The molecule has 38 heavy (non-hydrogen) atoms. The van der Waals surface area contributed by atoms with E-state index in [0.29, 0.717) is 17.1 Å². The van der Waals surface area contributed by atoms with E-state index in [9.17, 15) is 9.59 Å². The zero-order chi connectivity index (χ0) is 27.1. The van der Waals surface area contributed by atoms with Gasteiger partial charge < -0.3 is 10.1 Å². The van der Waals surface area contributed by atoms with Crippen LogP contribution in [0.3, 0.4) is 0 Å². The molecule has 2 aromatic heterocycles. The Morgan fingerprint density at radius 1 is 1.11 bits per heavy atom. The fourth-order valence-electron chi connectivity index (χ4n) is 4.83. The summed E-state index contributed by atoms with van der Waals surface area (Å²) in [5.41, 5.74) is 4.36. The molecule has 0 bridgehead atoms. The van der Waals surface area contributed by atoms with Crippen LogP contribution in [0.5, 0.6) is 0 Å². The Bertz CT molecular complexity index is 1250. The quantitative estimate of drug-likeness (QED) is 0.278. The second-order valence-corrected chi connectivity index (χ2v) is 12.4. The zero-order valence-electron chi connectivity index (χ0n) is 23.0. The van der Waals surface area contributed by atoms with E-state index in [4.69, 9.17) is 0 Å². The van der Waals surface area contributed by atoms with Crippen molar-refractivity contribution in [2.24, 2.45) is 5.92 Å². The van der Waals surface area contributed by atoms with Crippen LogP contribution in [0.25, 0.3) is 17.0 Å². The third-order valence-corrected chi connectivity index (χ3v) is 8.74. The number of unbranched alkanes of at least 4 members (excludes halogenated alkanes) is 1. The maximum atomic E-state index is 12.7. The third kappa shape index (κ3) is 7.25. The Kier molecular flexibility index (Phi) is 9.26. The third-order valence-electron chi connectivity index (χ3n) is 7.23. The second-order valence-electron chi connectivity index (χ2n) is 11.3. The van der Waals surface area contributed by atoms with Gasteiger partial charge in [0.05, 0.1) is 10.9 Å². The lowest BCUT2D eigenvalue weighted by Crippen LogP contribution is -2.37. The number of allylic oxidation sites excluding steroid dienone is 2. The average molecular weight is 530 g/mol. The van der Waals surface area contributed by atoms with E-state index >= 15 is 0 Å². The minimum absolute atomic E-state index is 0.0102. The summed E-state index contributed by atoms with van der Waals surface area (Å²) in [5.74, 6) is 1.30. The summed E-state index contributed by atoms with van der Waals surface area (Å²) in [6, 6.07) is 11.1. The van der Waals surface area contributed by atoms with Gasteiger partial charge in [0, 0.05) is 28.4 Å². The smallest absolute Gasteiger partial charge is 0.261 e. The predicted octanol–water partition coefficient (Wildman–Crippen LogP) is 7.42. The first-order valence-electron chi connectivity index (χ1n) is 13.7. The molecule has 0 saturated heterocycles. The summed E-state index contributed by atoms with van der Waals surface area (Å²) in [5, 5.41) is 2.87. The minimum Gasteiger partial charge on any atom is -0.341 e. The van der Waals surface area contributed by atoms with Gasteiger partial charge in [0.25, 0.3) is 5.91 Å². The van der Waals surface area contributed by atoms with Gasteiger partial charge in [0.1, 0.15) is 6.29 Å². The molecule has 1 aliphatic rings. The van der Waals surface area contributed by atoms with E-state index in [0.717, 1.165) is 46.6 Å². The molecular weight excluding hydrogens is 490 g/mol. The largest absolute Gasteiger partial charge is 0.341 e. The molecule has 1 N–H and O–H groups in total. The average Bonchev–Trinajstić information content (AvgIpc) is 3.44. The normalized spacial score (nSPS) is 16.5. The highest BCUT2D eigenvalue weighted by atomic mass is 32.1. The summed E-state index contributed by atoms with van der Waals surface area (Å²) in [6.07, 6.45) is 14.9. The molecule has 0 aliphatic heterocycles. The number of thiophene rings is 1. The summed E-state index contributed by atoms with van der Waals surface area (Å²) in [7, 11) is 0. The van der Waals surface area contributed by atoms with E-state index in [2.05, 4.69) is 49.1 Å². The van der Waals surface area contributed by atoms with Crippen LogP contribution in [0.4, 0.5) is 0 Å². The van der Waals surface area contributed by atoms with Crippen LogP contribution in [-0.4, -0.2) is 28.2 Å². The van der Waals surface area contributed by atoms with E-state index < -0.39 is 6.04 Å². The van der Waals surface area contributed by atoms with Gasteiger partial charge in [-0.3, -0.25) is 4.79 Å². The number of carbonyl (C=O) groups excluding carboxylic acids is 2. The van der Waals surface area contributed by atoms with Crippen molar-refractivity contribution in [3.05, 3.63) is 75.7 Å². The van der Waals surface area contributed by atoms with Crippen molar-refractivity contribution in [3.8, 4) is 11.4 Å². The predicted molar refractivity (Wildman–Crippen MR) is 156 cm³/mol. The van der Waals surface area contributed by atoms with Gasteiger partial charge in [-0.15, -0.1) is 11.3 Å². The van der Waals surface area contributed by atoms with Crippen LogP contribution in [-0.2, 0) is 16.6 Å². The molecule has 6 heteroatoms. The van der Waals surface area contributed by atoms with Gasteiger partial charge in [-0.05, 0) is 60.3 Å². The molecule has 0 saturated carbocycles. The van der Waals surface area contributed by atoms with Crippen molar-refractivity contribution >= 4 is 29.1 Å². The molecule has 0 radical (unpaired) electrons. The van der Waals surface area contributed by atoms with Crippen molar-refractivity contribution in [2.75, 3.05) is 0 Å². The van der Waals surface area contributed by atoms with Crippen molar-refractivity contribution in [1.82, 2.24) is 15.3 Å². The number of carbonyl (C=O) groups is 2. The van der Waals surface area contributed by atoms with Crippen molar-refractivity contribution in [3.63, 3.8) is 0 Å². The second kappa shape index (κ2) is 12.6. The number of nitrogens with zero attached hydrogens (tertiary/aromatic N) is 2. The van der Waals surface area contributed by atoms with Gasteiger partial charge in [-0.1, -0.05) is 77.3 Å². The van der Waals surface area contributed by atoms with Crippen molar-refractivity contribution in [2.45, 2.75) is 84.1 Å². The molecule has 1 unspecified atom stereocenters. The number of benzene rings is 1. The Balaban J connectivity index is 1.34. The van der Waals surface area contributed by atoms with Crippen LogP contribution in [0.2, 0.25) is 0 Å². The van der Waals surface area contributed by atoms with Crippen LogP contribution < -0.4 is 5.32 Å². The molecule has 0 spiro atoms. The highest BCUT2D eigenvalue weighted by Gasteiger charge is 2.20. The van der Waals surface area contributed by atoms with Crippen LogP contribution in [0.15, 0.2) is 54.9 Å². The lowest BCUT2D eigenvalue weighted by atomic mass is 9.84. The summed E-state index contributed by atoms with van der Waals surface area (Å²) in [4.78, 5) is 35.4. The number of hydrogen-bond acceptors (Lipinski definition) is 5. The number of aldehydes is 1. The Labute approximate surface area is 230 Å². The SMILES string of the molecule is CCCCC1CC=C(c2cnc(-c3ccc(C[C@@H](C=O)NC(=O)c4ccc(C(C)(C)C)s4)cc3)nc2)CC1. The fourth-order valence-corrected chi connectivity index (χ4v) is 5.79. The number of amides is 1. The molecule has 4 rings (SSSR count). The molecule has 2 heterocycles. The molecule has 2 atom stereocenters. The molecule has 3 aromatic rings. The summed E-state index contributed by atoms with van der Waals surface area (Å²) in [6.45, 7) is 8.62. The van der Waals surface area contributed by atoms with E-state index in [-0.39, 0.29) is 11.3 Å². The van der Waals surface area contributed by atoms with E-state index in [1.807, 2.05) is 48.8 Å². The summed E-state index contributed by atoms with van der Waals surface area (Å²) >= 11 is 1.47. The van der Waals surface area contributed by atoms with Gasteiger partial charge >= 0.3 is 0 Å². The van der Waals surface area contributed by atoms with Gasteiger partial charge in [0.15, 0.2) is 5.82 Å². The molecule has 5 nitrogen and oxygen atoms in total. The number of rotatable bonds is 10. The lowest BCUT2D eigenvalue weighted by molar-refractivity contribution is -0.109. The van der Waals surface area contributed by atoms with E-state index in [1.54, 1.807) is 0 Å². The van der Waals surface area contributed by atoms with Crippen LogP contribution in [0.1, 0.15) is 91.9 Å². The fraction of sp³-hybridized carbons (Fsp3) is 0.438. The zero-order valence-corrected chi connectivity index (χ0v) is 23.8. The van der Waals surface area contributed by atoms with Crippen LogP contribution in [0, 0.1) is 5.92 Å². The monoisotopic (exact) mass is 529 g/mol. The van der Waals surface area contributed by atoms with Crippen LogP contribution >= 0.6 is 11.3 Å². The van der Waals surface area contributed by atoms with E-state index in [1.165, 1.54) is 42.6 Å². The maximum absolute atomic E-state index is 12.7. The number of hydrogen-bond donors (Lipinski definition) is 1. The summed E-state index contributed by atoms with van der Waals surface area (Å²) < 4.78 is 0. The lowest BCUT2D eigenvalue weighted by Gasteiger charge is -2.21. The molecule has 1 amide bonds. The van der Waals surface area contributed by atoms with Crippen molar-refractivity contribution in [1.29, 1.82) is 0 Å². The Hall–Kier alpha value is -3.12. The molecule has 0 fully saturated rings. The van der Waals surface area contributed by atoms with Gasteiger partial charge in [-0.25, -0.2) is 9.97 Å². The van der Waals surface area contributed by atoms with Gasteiger partial charge in [0.2, 0.25) is 0 Å². The first-order chi connectivity index (χ1) is 18.3. The molecule has 1 aromatic carbocycles. The highest BCUT2D eigenvalue weighted by molar-refractivity contribution is 7.14. The Morgan fingerprint density at radius 2 is 1.84 bits per heavy atom. The highest BCUT2D eigenvalue weighted by Crippen LogP contribution is 2.33.